The number of hydrogen-bond acceptors (Lipinski definition) is 20. The van der Waals surface area contributed by atoms with Gasteiger partial charge in [-0.1, -0.05) is 219 Å². The number of benzene rings is 12. The highest BCUT2D eigenvalue weighted by Crippen LogP contribution is 2.36. The van der Waals surface area contributed by atoms with Crippen molar-refractivity contribution in [2.45, 2.75) is 66.8 Å². The lowest BCUT2D eigenvalue weighted by atomic mass is 10.1. The lowest BCUT2D eigenvalue weighted by Gasteiger charge is -2.03. The standard InChI is InChI=1S/C19H17FN2OS.2C17H15FN2S.C16H14FN3S.2C16H13FN2S/c1-13(23)6-7-14-8-10-15(11-9-14)18-12-24-19(22-18)21-17-5-3-2-4-16(17)20;2*1-2-12-6-5-7-13(10-12)16-11-21-17(20-16)19-15-9-4-3-8-14(15)18;17-13-3-1-2-4-14(13)19-16-20-15(10-21-16)12-7-5-11(9-18)6-8-12;2*1-11-5-4-6-12(9-11)15-10-20-16(19-15)18-14-8-3-2-7-13(14)17/h2-5,8-12H,6-7H2,1H3,(H,21,22);2*3-11H,2H2,1H3,(H,19,20);1-8,10H,9,18H2,(H,19,20);2*2-10H,1H3,(H,18,19). The monoisotopic (exact) mass is 1800 g/mol. The zero-order valence-electron chi connectivity index (χ0n) is 69.6. The van der Waals surface area contributed by atoms with Crippen LogP contribution >= 0.6 is 68.0 Å². The van der Waals surface area contributed by atoms with Crippen LogP contribution in [0.1, 0.15) is 60.6 Å². The van der Waals surface area contributed by atoms with E-state index in [9.17, 15) is 31.1 Å². The molecular weight excluding hydrogens is 1720 g/mol. The van der Waals surface area contributed by atoms with Crippen molar-refractivity contribution >= 4 is 139 Å². The van der Waals surface area contributed by atoms with Gasteiger partial charge in [-0.15, -0.1) is 68.0 Å². The number of nitrogens with one attached hydrogen (secondary N) is 6. The maximum absolute atomic E-state index is 13.7. The van der Waals surface area contributed by atoms with Crippen LogP contribution in [-0.4, -0.2) is 35.7 Å². The Morgan fingerprint density at radius 2 is 0.520 bits per heavy atom. The predicted molar refractivity (Wildman–Crippen MR) is 519 cm³/mol. The zero-order chi connectivity index (χ0) is 88.8. The molecule has 0 bridgehead atoms. The minimum Gasteiger partial charge on any atom is -0.329 e. The number of nitrogens with zero attached hydrogens (tertiary/aromatic N) is 6. The molecule has 8 N–H and O–H groups in total. The Morgan fingerprint density at radius 3 is 0.756 bits per heavy atom. The van der Waals surface area contributed by atoms with Crippen molar-refractivity contribution in [3.05, 3.63) is 392 Å². The number of hydrogen-bond donors (Lipinski definition) is 7. The molecule has 0 unspecified atom stereocenters. The third-order valence-corrected chi connectivity index (χ3v) is 23.7. The molecule has 0 fully saturated rings. The molecule has 14 nitrogen and oxygen atoms in total. The van der Waals surface area contributed by atoms with Gasteiger partial charge in [0.1, 0.15) is 40.7 Å². The van der Waals surface area contributed by atoms with Crippen LogP contribution in [0, 0.1) is 48.8 Å². The van der Waals surface area contributed by atoms with E-state index < -0.39 is 0 Å². The number of aryl methyl sites for hydroxylation is 5. The quantitative estimate of drug-likeness (QED) is 0.0283. The summed E-state index contributed by atoms with van der Waals surface area (Å²) in [5, 5.41) is 33.9. The lowest BCUT2D eigenvalue weighted by molar-refractivity contribution is -0.117. The number of para-hydroxylation sites is 6. The van der Waals surface area contributed by atoms with Crippen LogP contribution in [0.25, 0.3) is 67.5 Å². The molecule has 0 atom stereocenters. The summed E-state index contributed by atoms with van der Waals surface area (Å²) in [6, 6.07) is 88.4. The van der Waals surface area contributed by atoms with Gasteiger partial charge in [-0.25, -0.2) is 56.2 Å². The number of ketones is 1. The minimum absolute atomic E-state index is 0.197. The van der Waals surface area contributed by atoms with Crippen molar-refractivity contribution in [1.82, 2.24) is 29.9 Å². The van der Waals surface area contributed by atoms with Gasteiger partial charge in [-0.05, 0) is 159 Å². The van der Waals surface area contributed by atoms with E-state index in [1.54, 1.807) is 116 Å². The normalized spacial score (nSPS) is 10.6. The van der Waals surface area contributed by atoms with Crippen molar-refractivity contribution in [3.8, 4) is 67.5 Å². The summed E-state index contributed by atoms with van der Waals surface area (Å²) in [5.41, 5.74) is 27.0. The number of Topliss-reactive ketones (excluding diaryl/α,β-unsaturated/α-hetero) is 1. The number of aromatic nitrogens is 6. The van der Waals surface area contributed by atoms with Gasteiger partial charge in [-0.2, -0.15) is 0 Å². The van der Waals surface area contributed by atoms with Crippen LogP contribution in [-0.2, 0) is 30.6 Å². The van der Waals surface area contributed by atoms with Gasteiger partial charge in [0.25, 0.3) is 0 Å². The molecule has 0 saturated carbocycles. The average Bonchev–Trinajstić information content (AvgIpc) is 1.74. The second-order valence-electron chi connectivity index (χ2n) is 28.5. The van der Waals surface area contributed by atoms with Crippen LogP contribution in [0.4, 0.5) is 91.3 Å². The highest BCUT2D eigenvalue weighted by molar-refractivity contribution is 7.15. The molecule has 640 valence electrons. The Morgan fingerprint density at radius 1 is 0.283 bits per heavy atom. The number of carbonyl (C=O) groups excluding carboxylic acids is 1. The number of halogens is 6. The molecule has 26 heteroatoms. The second kappa shape index (κ2) is 45.9. The van der Waals surface area contributed by atoms with Crippen molar-refractivity contribution in [2.75, 3.05) is 31.9 Å². The molecule has 0 spiro atoms. The van der Waals surface area contributed by atoms with Crippen LogP contribution in [0.2, 0.25) is 0 Å². The van der Waals surface area contributed by atoms with Crippen molar-refractivity contribution < 1.29 is 31.1 Å². The molecule has 0 aliphatic rings. The van der Waals surface area contributed by atoms with E-state index in [2.05, 4.69) is 112 Å². The molecule has 6 heterocycles. The molecule has 0 radical (unpaired) electrons. The fraction of sp³-hybridized carbons (Fsp3) is 0.0990. The lowest BCUT2D eigenvalue weighted by Crippen LogP contribution is -1.95. The molecule has 0 saturated heterocycles. The number of thiazole rings is 6. The Balaban J connectivity index is 0.000000131. The smallest absolute Gasteiger partial charge is 0.187 e. The summed E-state index contributed by atoms with van der Waals surface area (Å²) in [5.74, 6) is -1.50. The second-order valence-corrected chi connectivity index (χ2v) is 33.7. The summed E-state index contributed by atoms with van der Waals surface area (Å²) in [7, 11) is 0. The first-order valence-corrected chi connectivity index (χ1v) is 45.7. The van der Waals surface area contributed by atoms with E-state index in [1.807, 2.05) is 155 Å². The van der Waals surface area contributed by atoms with Crippen LogP contribution in [0.3, 0.4) is 0 Å². The number of anilines is 12. The summed E-state index contributed by atoms with van der Waals surface area (Å²) < 4.78 is 81.6. The largest absolute Gasteiger partial charge is 0.329 e. The highest BCUT2D eigenvalue weighted by Gasteiger charge is 2.16. The molecule has 0 aliphatic carbocycles. The van der Waals surface area contributed by atoms with Crippen LogP contribution < -0.4 is 37.6 Å². The molecule has 127 heavy (non-hydrogen) atoms. The van der Waals surface area contributed by atoms with Gasteiger partial charge in [0.15, 0.2) is 30.8 Å². The van der Waals surface area contributed by atoms with E-state index >= 15 is 0 Å². The van der Waals surface area contributed by atoms with Crippen molar-refractivity contribution in [2.24, 2.45) is 5.73 Å². The third-order valence-electron chi connectivity index (χ3n) is 19.1. The van der Waals surface area contributed by atoms with Crippen LogP contribution in [0.15, 0.2) is 323 Å². The van der Waals surface area contributed by atoms with Gasteiger partial charge in [0.05, 0.1) is 68.3 Å². The van der Waals surface area contributed by atoms with Crippen molar-refractivity contribution in [3.63, 3.8) is 0 Å². The van der Waals surface area contributed by atoms with Crippen LogP contribution in [0.5, 0.6) is 0 Å². The SMILES string of the molecule is CC(=O)CCc1ccc(-c2csc(Nc3ccccc3F)n2)cc1.CCc1cccc(-c2csc(Nc3ccccc3F)n2)c1.CCc1cccc(-c2csc(Nc3ccccc3F)n2)c1.Cc1cccc(-c2csc(Nc3ccccc3F)n2)c1.Cc1cccc(-c2csc(Nc3ccccc3F)n2)c1.NCc1ccc(-c2csc(Nc3ccccc3F)n2)cc1. The zero-order valence-corrected chi connectivity index (χ0v) is 74.5. The highest BCUT2D eigenvalue weighted by atomic mass is 32.1. The summed E-state index contributed by atoms with van der Waals surface area (Å²) >= 11 is 8.75. The fourth-order valence-corrected chi connectivity index (χ4v) is 16.7. The molecular formula is C101H87F6N13OS6. The molecule has 6 aromatic heterocycles. The first kappa shape index (κ1) is 91.1. The molecule has 12 aromatic carbocycles. The van der Waals surface area contributed by atoms with Gasteiger partial charge in [0, 0.05) is 78.6 Å². The Kier molecular flexibility index (Phi) is 32.9. The first-order chi connectivity index (χ1) is 61.8. The van der Waals surface area contributed by atoms with E-state index in [0.29, 0.717) is 77.9 Å². The maximum atomic E-state index is 13.7. The molecule has 0 aliphatic heterocycles. The van der Waals surface area contributed by atoms with E-state index in [1.165, 1.54) is 127 Å². The summed E-state index contributed by atoms with van der Waals surface area (Å²) in [6.45, 7) is 10.5. The number of carbonyl (C=O) groups is 1. The Hall–Kier alpha value is -13.6. The van der Waals surface area contributed by atoms with Gasteiger partial charge >= 0.3 is 0 Å². The first-order valence-electron chi connectivity index (χ1n) is 40.4. The topological polar surface area (TPSA) is 193 Å². The Bertz CT molecular complexity index is 6330. The van der Waals surface area contributed by atoms with Gasteiger partial charge < -0.3 is 42.4 Å². The van der Waals surface area contributed by atoms with E-state index in [4.69, 9.17) is 5.73 Å². The maximum Gasteiger partial charge on any atom is 0.187 e. The molecule has 0 amide bonds. The number of nitrogens with two attached hydrogens (primary N) is 1. The fourth-order valence-electron chi connectivity index (χ4n) is 12.3. The number of rotatable bonds is 24. The third kappa shape index (κ3) is 27.0. The Labute approximate surface area is 757 Å². The van der Waals surface area contributed by atoms with Crippen molar-refractivity contribution in [1.29, 1.82) is 0 Å². The summed E-state index contributed by atoms with van der Waals surface area (Å²) in [4.78, 5) is 38.1. The predicted octanol–water partition coefficient (Wildman–Crippen LogP) is 29.9. The van der Waals surface area contributed by atoms with E-state index in [0.717, 1.165) is 97.9 Å². The molecule has 18 aromatic rings. The van der Waals surface area contributed by atoms with Gasteiger partial charge in [-0.3, -0.25) is 0 Å². The van der Waals surface area contributed by atoms with Gasteiger partial charge in [0.2, 0.25) is 0 Å². The summed E-state index contributed by atoms with van der Waals surface area (Å²) in [6.07, 6.45) is 3.32. The molecule has 18 rings (SSSR count). The van der Waals surface area contributed by atoms with E-state index in [-0.39, 0.29) is 40.7 Å². The average molecular weight is 1810 g/mol. The minimum atomic E-state index is -0.302.